The van der Waals surface area contributed by atoms with Gasteiger partial charge in [-0.25, -0.2) is 0 Å². The Morgan fingerprint density at radius 2 is 2.11 bits per heavy atom. The molecule has 4 nitrogen and oxygen atoms in total. The molecule has 6 heteroatoms. The second-order valence-corrected chi connectivity index (χ2v) is 6.36. The standard InChI is InChI=1S/C12H14Br2N2O2/c1-2-3-4-12-5-6(13)9(15)8(14)7(12)10(17)16-11(12)18/h5,7H,2-4,15H2,1H3,(H,16,17,18). The van der Waals surface area contributed by atoms with Crippen LogP contribution < -0.4 is 11.1 Å². The van der Waals surface area contributed by atoms with Crippen molar-refractivity contribution < 1.29 is 9.59 Å². The van der Waals surface area contributed by atoms with Crippen LogP contribution in [0.15, 0.2) is 20.7 Å². The molecule has 0 aromatic carbocycles. The second kappa shape index (κ2) is 4.81. The number of allylic oxidation sites excluding steroid dienone is 1. The molecule has 2 atom stereocenters. The van der Waals surface area contributed by atoms with Crippen LogP contribution in [0.1, 0.15) is 26.2 Å². The number of amides is 2. The highest BCUT2D eigenvalue weighted by Gasteiger charge is 2.56. The van der Waals surface area contributed by atoms with E-state index >= 15 is 0 Å². The molecule has 1 fully saturated rings. The van der Waals surface area contributed by atoms with Gasteiger partial charge < -0.3 is 5.73 Å². The van der Waals surface area contributed by atoms with E-state index in [1.165, 1.54) is 0 Å². The predicted molar refractivity (Wildman–Crippen MR) is 75.7 cm³/mol. The van der Waals surface area contributed by atoms with Crippen molar-refractivity contribution in [3.63, 3.8) is 0 Å². The second-order valence-electron chi connectivity index (χ2n) is 4.65. The number of imide groups is 1. The summed E-state index contributed by atoms with van der Waals surface area (Å²) < 4.78 is 1.27. The Kier molecular flexibility index (Phi) is 3.69. The number of hydrogen-bond donors (Lipinski definition) is 2. The van der Waals surface area contributed by atoms with E-state index in [-0.39, 0.29) is 11.8 Å². The molecule has 1 aliphatic carbocycles. The molecule has 98 valence electrons. The number of nitrogens with two attached hydrogens (primary N) is 1. The van der Waals surface area contributed by atoms with Crippen LogP contribution in [0, 0.1) is 11.3 Å². The van der Waals surface area contributed by atoms with Crippen LogP contribution in [0.3, 0.4) is 0 Å². The number of unbranched alkanes of at least 4 members (excludes halogenated alkanes) is 1. The Morgan fingerprint density at radius 1 is 1.44 bits per heavy atom. The average Bonchev–Trinajstić information content (AvgIpc) is 2.56. The van der Waals surface area contributed by atoms with E-state index in [1.807, 2.05) is 0 Å². The molecule has 0 radical (unpaired) electrons. The lowest BCUT2D eigenvalue weighted by atomic mass is 9.70. The van der Waals surface area contributed by atoms with Crippen molar-refractivity contribution in [2.75, 3.05) is 0 Å². The minimum atomic E-state index is -0.798. The molecule has 0 bridgehead atoms. The number of halogens is 2. The highest BCUT2D eigenvalue weighted by Crippen LogP contribution is 2.51. The summed E-state index contributed by atoms with van der Waals surface area (Å²) in [7, 11) is 0. The third-order valence-electron chi connectivity index (χ3n) is 3.53. The quantitative estimate of drug-likeness (QED) is 0.741. The zero-order valence-electron chi connectivity index (χ0n) is 9.93. The Balaban J connectivity index is 2.52. The first kappa shape index (κ1) is 13.8. The van der Waals surface area contributed by atoms with Crippen molar-refractivity contribution in [2.45, 2.75) is 26.2 Å². The summed E-state index contributed by atoms with van der Waals surface area (Å²) in [5.74, 6) is -1.03. The Hall–Kier alpha value is -0.620. The fourth-order valence-electron chi connectivity index (χ4n) is 2.53. The molecule has 0 aromatic heterocycles. The number of fused-ring (bicyclic) bond motifs is 1. The maximum atomic E-state index is 12.2. The number of carbonyl (C=O) groups is 2. The van der Waals surface area contributed by atoms with E-state index in [4.69, 9.17) is 5.73 Å². The normalized spacial score (nSPS) is 31.3. The molecule has 2 amide bonds. The lowest BCUT2D eigenvalue weighted by Gasteiger charge is -2.32. The summed E-state index contributed by atoms with van der Waals surface area (Å²) in [5, 5.41) is 2.42. The molecule has 18 heavy (non-hydrogen) atoms. The van der Waals surface area contributed by atoms with Gasteiger partial charge in [-0.3, -0.25) is 14.9 Å². The van der Waals surface area contributed by atoms with Crippen molar-refractivity contribution in [1.82, 2.24) is 5.32 Å². The molecule has 0 aromatic rings. The third-order valence-corrected chi connectivity index (χ3v) is 5.07. The summed E-state index contributed by atoms with van der Waals surface area (Å²) in [6, 6.07) is 0. The fraction of sp³-hybridized carbons (Fsp3) is 0.500. The van der Waals surface area contributed by atoms with Crippen molar-refractivity contribution in [3.05, 3.63) is 20.7 Å². The largest absolute Gasteiger partial charge is 0.397 e. The van der Waals surface area contributed by atoms with Gasteiger partial charge in [-0.2, -0.15) is 0 Å². The molecular weight excluding hydrogens is 364 g/mol. The molecule has 2 rings (SSSR count). The fourth-order valence-corrected chi connectivity index (χ4v) is 4.25. The van der Waals surface area contributed by atoms with Gasteiger partial charge in [0.15, 0.2) is 0 Å². The first-order valence-corrected chi connectivity index (χ1v) is 7.41. The van der Waals surface area contributed by atoms with Crippen molar-refractivity contribution >= 4 is 43.7 Å². The van der Waals surface area contributed by atoms with E-state index in [2.05, 4.69) is 44.1 Å². The summed E-state index contributed by atoms with van der Waals surface area (Å²) in [6.07, 6.45) is 4.28. The van der Waals surface area contributed by atoms with Gasteiger partial charge in [-0.1, -0.05) is 41.8 Å². The zero-order chi connectivity index (χ0) is 13.5. The Labute approximate surface area is 122 Å². The van der Waals surface area contributed by atoms with Crippen LogP contribution in [-0.2, 0) is 9.59 Å². The van der Waals surface area contributed by atoms with Crippen molar-refractivity contribution in [3.8, 4) is 0 Å². The summed E-state index contributed by atoms with van der Waals surface area (Å²) in [5.41, 5.74) is 5.58. The van der Waals surface area contributed by atoms with Crippen LogP contribution in [0.5, 0.6) is 0 Å². The van der Waals surface area contributed by atoms with E-state index in [0.29, 0.717) is 21.1 Å². The van der Waals surface area contributed by atoms with E-state index < -0.39 is 11.3 Å². The van der Waals surface area contributed by atoms with Gasteiger partial charge in [-0.05, 0) is 22.4 Å². The highest BCUT2D eigenvalue weighted by molar-refractivity contribution is 9.12. The monoisotopic (exact) mass is 376 g/mol. The lowest BCUT2D eigenvalue weighted by Crippen LogP contribution is -2.36. The number of hydrogen-bond acceptors (Lipinski definition) is 3. The van der Waals surface area contributed by atoms with Gasteiger partial charge in [-0.15, -0.1) is 0 Å². The minimum Gasteiger partial charge on any atom is -0.397 e. The van der Waals surface area contributed by atoms with Gasteiger partial charge in [0.05, 0.1) is 17.0 Å². The minimum absolute atomic E-state index is 0.229. The molecule has 3 N–H and O–H groups in total. The van der Waals surface area contributed by atoms with Crippen LogP contribution in [0.2, 0.25) is 0 Å². The summed E-state index contributed by atoms with van der Waals surface area (Å²) in [6.45, 7) is 2.06. The smallest absolute Gasteiger partial charge is 0.237 e. The molecule has 2 aliphatic rings. The maximum absolute atomic E-state index is 12.2. The summed E-state index contributed by atoms with van der Waals surface area (Å²) in [4.78, 5) is 24.1. The molecule has 0 spiro atoms. The maximum Gasteiger partial charge on any atom is 0.237 e. The van der Waals surface area contributed by atoms with Crippen LogP contribution in [-0.4, -0.2) is 11.8 Å². The lowest BCUT2D eigenvalue weighted by molar-refractivity contribution is -0.127. The topological polar surface area (TPSA) is 72.2 Å². The van der Waals surface area contributed by atoms with Gasteiger partial charge in [0.2, 0.25) is 11.8 Å². The first-order valence-electron chi connectivity index (χ1n) is 5.83. The molecule has 1 saturated heterocycles. The Bertz CT molecular complexity index is 484. The predicted octanol–water partition coefficient (Wildman–Crippen LogP) is 2.29. The Morgan fingerprint density at radius 3 is 2.72 bits per heavy atom. The van der Waals surface area contributed by atoms with Crippen LogP contribution in [0.25, 0.3) is 0 Å². The molecular formula is C12H14Br2N2O2. The van der Waals surface area contributed by atoms with Gasteiger partial charge in [0, 0.05) is 8.96 Å². The SMILES string of the molecule is CCCCC12C=C(Br)C(N)=C(Br)C1C(=O)NC2=O. The number of rotatable bonds is 3. The van der Waals surface area contributed by atoms with Gasteiger partial charge in [0.25, 0.3) is 0 Å². The highest BCUT2D eigenvalue weighted by atomic mass is 79.9. The number of nitrogens with one attached hydrogen (secondary N) is 1. The van der Waals surface area contributed by atoms with Crippen LogP contribution >= 0.6 is 31.9 Å². The van der Waals surface area contributed by atoms with E-state index in [0.717, 1.165) is 12.8 Å². The zero-order valence-corrected chi connectivity index (χ0v) is 13.1. The van der Waals surface area contributed by atoms with Gasteiger partial charge >= 0.3 is 0 Å². The third kappa shape index (κ3) is 1.86. The summed E-state index contributed by atoms with van der Waals surface area (Å²) >= 11 is 6.73. The van der Waals surface area contributed by atoms with Gasteiger partial charge in [0.1, 0.15) is 0 Å². The van der Waals surface area contributed by atoms with Crippen molar-refractivity contribution in [2.24, 2.45) is 17.1 Å². The first-order chi connectivity index (χ1) is 8.44. The molecule has 1 heterocycles. The van der Waals surface area contributed by atoms with E-state index in [9.17, 15) is 9.59 Å². The molecule has 2 unspecified atom stereocenters. The van der Waals surface area contributed by atoms with Crippen molar-refractivity contribution in [1.29, 1.82) is 0 Å². The van der Waals surface area contributed by atoms with E-state index in [1.54, 1.807) is 6.08 Å². The van der Waals surface area contributed by atoms with Crippen LogP contribution in [0.4, 0.5) is 0 Å². The average molecular weight is 378 g/mol. The number of carbonyl (C=O) groups excluding carboxylic acids is 2. The molecule has 0 saturated carbocycles. The molecule has 1 aliphatic heterocycles.